The Hall–Kier alpha value is -1.71. The van der Waals surface area contributed by atoms with E-state index in [1.807, 2.05) is 6.07 Å². The molecule has 0 aromatic carbocycles. The summed E-state index contributed by atoms with van der Waals surface area (Å²) in [7, 11) is 0. The van der Waals surface area contributed by atoms with Gasteiger partial charge in [0, 0.05) is 23.9 Å². The highest BCUT2D eigenvalue weighted by molar-refractivity contribution is 6.00. The number of ketones is 1. The van der Waals surface area contributed by atoms with Crippen molar-refractivity contribution in [2.75, 3.05) is 0 Å². The van der Waals surface area contributed by atoms with E-state index in [0.29, 0.717) is 12.0 Å². The summed E-state index contributed by atoms with van der Waals surface area (Å²) in [5.41, 5.74) is 1.60. The minimum Gasteiger partial charge on any atom is -0.481 e. The predicted octanol–water partition coefficient (Wildman–Crippen LogP) is 1.69. The van der Waals surface area contributed by atoms with Gasteiger partial charge in [0.05, 0.1) is 6.42 Å². The van der Waals surface area contributed by atoms with E-state index in [4.69, 9.17) is 5.11 Å². The van der Waals surface area contributed by atoms with E-state index in [0.717, 1.165) is 18.4 Å². The van der Waals surface area contributed by atoms with Crippen LogP contribution in [-0.4, -0.2) is 21.8 Å². The van der Waals surface area contributed by atoms with Crippen molar-refractivity contribution < 1.29 is 14.7 Å². The van der Waals surface area contributed by atoms with Crippen molar-refractivity contribution in [1.29, 1.82) is 0 Å². The van der Waals surface area contributed by atoms with Gasteiger partial charge in [-0.3, -0.25) is 14.6 Å². The van der Waals surface area contributed by atoms with Gasteiger partial charge in [-0.15, -0.1) is 0 Å². The van der Waals surface area contributed by atoms with Crippen LogP contribution in [0.4, 0.5) is 0 Å². The van der Waals surface area contributed by atoms with Crippen LogP contribution in [0.15, 0.2) is 18.5 Å². The first-order chi connectivity index (χ1) is 7.68. The number of carbonyl (C=O) groups excluding carboxylic acids is 1. The van der Waals surface area contributed by atoms with Crippen LogP contribution in [-0.2, 0) is 11.2 Å². The fourth-order valence-corrected chi connectivity index (χ4v) is 2.16. The number of hydrogen-bond donors (Lipinski definition) is 1. The van der Waals surface area contributed by atoms with Gasteiger partial charge in [0.2, 0.25) is 0 Å². The zero-order chi connectivity index (χ0) is 11.5. The zero-order valence-corrected chi connectivity index (χ0v) is 8.85. The molecular weight excluding hydrogens is 206 g/mol. The van der Waals surface area contributed by atoms with Crippen LogP contribution in [0.3, 0.4) is 0 Å². The van der Waals surface area contributed by atoms with Crippen LogP contribution in [0.2, 0.25) is 0 Å². The van der Waals surface area contributed by atoms with Crippen LogP contribution in [0, 0.1) is 5.92 Å². The van der Waals surface area contributed by atoms with Gasteiger partial charge in [-0.05, 0) is 30.9 Å². The Morgan fingerprint density at radius 3 is 3.12 bits per heavy atom. The third-order valence-corrected chi connectivity index (χ3v) is 2.97. The monoisotopic (exact) mass is 219 g/mol. The van der Waals surface area contributed by atoms with E-state index in [2.05, 4.69) is 4.98 Å². The summed E-state index contributed by atoms with van der Waals surface area (Å²) in [6, 6.07) is 1.84. The Balaban J connectivity index is 2.30. The van der Waals surface area contributed by atoms with E-state index in [9.17, 15) is 9.59 Å². The van der Waals surface area contributed by atoms with Gasteiger partial charge >= 0.3 is 5.97 Å². The molecule has 1 heterocycles. The molecule has 1 aromatic heterocycles. The van der Waals surface area contributed by atoms with E-state index in [1.54, 1.807) is 12.4 Å². The normalized spacial score (nSPS) is 20.0. The quantitative estimate of drug-likeness (QED) is 0.768. The lowest BCUT2D eigenvalue weighted by Gasteiger charge is -2.10. The molecule has 1 aromatic rings. The molecule has 1 aliphatic rings. The lowest BCUT2D eigenvalue weighted by atomic mass is 9.93. The smallest absolute Gasteiger partial charge is 0.304 e. The molecule has 1 aliphatic carbocycles. The van der Waals surface area contributed by atoms with Gasteiger partial charge in [-0.1, -0.05) is 0 Å². The molecule has 1 unspecified atom stereocenters. The van der Waals surface area contributed by atoms with Crippen molar-refractivity contribution in [3.8, 4) is 0 Å². The molecule has 4 heteroatoms. The van der Waals surface area contributed by atoms with Crippen LogP contribution in [0.1, 0.15) is 35.2 Å². The third-order valence-electron chi connectivity index (χ3n) is 2.97. The van der Waals surface area contributed by atoms with Gasteiger partial charge < -0.3 is 5.11 Å². The average molecular weight is 219 g/mol. The average Bonchev–Trinajstić information content (AvgIpc) is 2.40. The number of nitrogens with zero attached hydrogens (tertiary/aromatic N) is 1. The lowest BCUT2D eigenvalue weighted by Crippen LogP contribution is -2.18. The number of aromatic nitrogens is 1. The third kappa shape index (κ3) is 2.10. The molecule has 0 amide bonds. The maximum absolute atomic E-state index is 12.1. The summed E-state index contributed by atoms with van der Waals surface area (Å²) >= 11 is 0. The van der Waals surface area contributed by atoms with E-state index < -0.39 is 5.97 Å². The number of aliphatic carboxylic acids is 1. The van der Waals surface area contributed by atoms with Crippen molar-refractivity contribution >= 4 is 11.8 Å². The Morgan fingerprint density at radius 1 is 1.56 bits per heavy atom. The summed E-state index contributed by atoms with van der Waals surface area (Å²) in [5.74, 6) is -1.36. The highest BCUT2D eigenvalue weighted by Gasteiger charge is 2.27. The Kier molecular flexibility index (Phi) is 2.99. The molecule has 2 rings (SSSR count). The highest BCUT2D eigenvalue weighted by atomic mass is 16.4. The second kappa shape index (κ2) is 4.43. The summed E-state index contributed by atoms with van der Waals surface area (Å²) in [5, 5.41) is 8.76. The Labute approximate surface area is 93.3 Å². The number of pyridine rings is 1. The lowest BCUT2D eigenvalue weighted by molar-refractivity contribution is -0.137. The standard InChI is InChI=1S/C12H13NO3/c14-11(15)6-9-3-1-2-8-4-5-13-7-10(8)12(9)16/h4-5,7,9H,1-3,6H2,(H,14,15). The van der Waals surface area contributed by atoms with Crippen LogP contribution < -0.4 is 0 Å². The first kappa shape index (κ1) is 10.8. The Bertz CT molecular complexity index is 428. The number of carboxylic acids is 1. The minimum absolute atomic E-state index is 0.0667. The van der Waals surface area contributed by atoms with Gasteiger partial charge in [-0.2, -0.15) is 0 Å². The molecule has 0 bridgehead atoms. The molecule has 0 saturated carbocycles. The van der Waals surface area contributed by atoms with Crippen molar-refractivity contribution in [3.63, 3.8) is 0 Å². The van der Waals surface area contributed by atoms with Crippen molar-refractivity contribution in [1.82, 2.24) is 4.98 Å². The topological polar surface area (TPSA) is 67.3 Å². The molecule has 1 atom stereocenters. The number of rotatable bonds is 2. The van der Waals surface area contributed by atoms with Crippen LogP contribution >= 0.6 is 0 Å². The van der Waals surface area contributed by atoms with E-state index in [-0.39, 0.29) is 18.1 Å². The number of Topliss-reactive ketones (excluding diaryl/α,β-unsaturated/α-hetero) is 1. The first-order valence-corrected chi connectivity index (χ1v) is 5.37. The summed E-state index contributed by atoms with van der Waals surface area (Å²) in [4.78, 5) is 26.7. The van der Waals surface area contributed by atoms with Crippen LogP contribution in [0.5, 0.6) is 0 Å². The minimum atomic E-state index is -0.911. The second-order valence-corrected chi connectivity index (χ2v) is 4.08. The predicted molar refractivity (Wildman–Crippen MR) is 57.2 cm³/mol. The van der Waals surface area contributed by atoms with Gasteiger partial charge in [-0.25, -0.2) is 0 Å². The molecule has 0 fully saturated rings. The maximum Gasteiger partial charge on any atom is 0.304 e. The second-order valence-electron chi connectivity index (χ2n) is 4.08. The number of aryl methyl sites for hydroxylation is 1. The van der Waals surface area contributed by atoms with Crippen molar-refractivity contribution in [3.05, 3.63) is 29.6 Å². The molecule has 16 heavy (non-hydrogen) atoms. The van der Waals surface area contributed by atoms with Crippen LogP contribution in [0.25, 0.3) is 0 Å². The van der Waals surface area contributed by atoms with E-state index in [1.165, 1.54) is 0 Å². The molecule has 1 N–H and O–H groups in total. The van der Waals surface area contributed by atoms with Gasteiger partial charge in [0.25, 0.3) is 0 Å². The van der Waals surface area contributed by atoms with Crippen molar-refractivity contribution in [2.45, 2.75) is 25.7 Å². The Morgan fingerprint density at radius 2 is 2.38 bits per heavy atom. The molecule has 4 nitrogen and oxygen atoms in total. The zero-order valence-electron chi connectivity index (χ0n) is 8.85. The summed E-state index contributed by atoms with van der Waals surface area (Å²) in [6.45, 7) is 0. The molecule has 0 aliphatic heterocycles. The van der Waals surface area contributed by atoms with Crippen molar-refractivity contribution in [2.24, 2.45) is 5.92 Å². The fourth-order valence-electron chi connectivity index (χ4n) is 2.16. The molecule has 0 spiro atoms. The summed E-state index contributed by atoms with van der Waals surface area (Å²) in [6.07, 6.45) is 5.49. The van der Waals surface area contributed by atoms with Gasteiger partial charge in [0.1, 0.15) is 0 Å². The van der Waals surface area contributed by atoms with E-state index >= 15 is 0 Å². The molecule has 0 saturated heterocycles. The first-order valence-electron chi connectivity index (χ1n) is 5.37. The highest BCUT2D eigenvalue weighted by Crippen LogP contribution is 2.25. The van der Waals surface area contributed by atoms with Gasteiger partial charge in [0.15, 0.2) is 5.78 Å². The molecule has 0 radical (unpaired) electrons. The number of carbonyl (C=O) groups is 2. The number of fused-ring (bicyclic) bond motifs is 1. The summed E-state index contributed by atoms with van der Waals surface area (Å²) < 4.78 is 0. The number of carboxylic acid groups (broad SMARTS) is 1. The number of hydrogen-bond acceptors (Lipinski definition) is 3. The largest absolute Gasteiger partial charge is 0.481 e. The molecule has 84 valence electrons. The fraction of sp³-hybridized carbons (Fsp3) is 0.417. The maximum atomic E-state index is 12.1. The SMILES string of the molecule is O=C(O)CC1CCCc2ccncc2C1=O. The molecular formula is C12H13NO3.